The standard InChI is InChI=1S/C18H14FN5OS2/c1-10(26-17-20-13-4-2-3-5-14(13)21-17)15(25)22-18-24-23-16(27-18)11-6-8-12(19)9-7-11/h2-10H,1H3,(H,20,21)(H,22,24,25). The lowest BCUT2D eigenvalue weighted by molar-refractivity contribution is -0.115. The van der Waals surface area contributed by atoms with Gasteiger partial charge in [0.15, 0.2) is 5.16 Å². The molecule has 0 aliphatic rings. The highest BCUT2D eigenvalue weighted by Crippen LogP contribution is 2.28. The van der Waals surface area contributed by atoms with Gasteiger partial charge in [-0.3, -0.25) is 10.1 Å². The van der Waals surface area contributed by atoms with Gasteiger partial charge in [-0.15, -0.1) is 10.2 Å². The van der Waals surface area contributed by atoms with Crippen LogP contribution in [0.3, 0.4) is 0 Å². The van der Waals surface area contributed by atoms with Crippen molar-refractivity contribution in [1.29, 1.82) is 0 Å². The first-order chi connectivity index (χ1) is 13.1. The number of thioether (sulfide) groups is 1. The fourth-order valence-electron chi connectivity index (χ4n) is 2.40. The van der Waals surface area contributed by atoms with Gasteiger partial charge >= 0.3 is 0 Å². The maximum Gasteiger partial charge on any atom is 0.239 e. The largest absolute Gasteiger partial charge is 0.333 e. The summed E-state index contributed by atoms with van der Waals surface area (Å²) >= 11 is 2.58. The van der Waals surface area contributed by atoms with Gasteiger partial charge < -0.3 is 4.98 Å². The first-order valence-corrected chi connectivity index (χ1v) is 9.80. The van der Waals surface area contributed by atoms with E-state index in [2.05, 4.69) is 25.5 Å². The van der Waals surface area contributed by atoms with E-state index in [-0.39, 0.29) is 17.0 Å². The molecule has 27 heavy (non-hydrogen) atoms. The van der Waals surface area contributed by atoms with Crippen LogP contribution in [-0.2, 0) is 4.79 Å². The van der Waals surface area contributed by atoms with Crippen LogP contribution in [0, 0.1) is 5.82 Å². The van der Waals surface area contributed by atoms with Gasteiger partial charge in [0.05, 0.1) is 16.3 Å². The lowest BCUT2D eigenvalue weighted by atomic mass is 10.2. The zero-order valence-corrected chi connectivity index (χ0v) is 15.8. The molecule has 4 aromatic rings. The van der Waals surface area contributed by atoms with Crippen molar-refractivity contribution < 1.29 is 9.18 Å². The zero-order chi connectivity index (χ0) is 18.8. The van der Waals surface area contributed by atoms with E-state index in [1.807, 2.05) is 24.3 Å². The van der Waals surface area contributed by atoms with E-state index < -0.39 is 0 Å². The van der Waals surface area contributed by atoms with Gasteiger partial charge in [0.25, 0.3) is 0 Å². The first kappa shape index (κ1) is 17.6. The molecule has 1 amide bonds. The van der Waals surface area contributed by atoms with Crippen molar-refractivity contribution in [3.63, 3.8) is 0 Å². The Hall–Kier alpha value is -2.78. The maximum atomic E-state index is 13.0. The van der Waals surface area contributed by atoms with Crippen LogP contribution in [0.1, 0.15) is 6.92 Å². The highest BCUT2D eigenvalue weighted by Gasteiger charge is 2.18. The minimum atomic E-state index is -0.372. The molecule has 2 N–H and O–H groups in total. The number of hydrogen-bond donors (Lipinski definition) is 2. The molecule has 6 nitrogen and oxygen atoms in total. The number of anilines is 1. The molecule has 0 aliphatic heterocycles. The van der Waals surface area contributed by atoms with Crippen molar-refractivity contribution in [3.8, 4) is 10.6 Å². The Morgan fingerprint density at radius 1 is 1.19 bits per heavy atom. The summed E-state index contributed by atoms with van der Waals surface area (Å²) in [6.45, 7) is 1.80. The van der Waals surface area contributed by atoms with E-state index in [9.17, 15) is 9.18 Å². The maximum absolute atomic E-state index is 13.0. The number of imidazole rings is 1. The second-order valence-electron chi connectivity index (χ2n) is 5.73. The van der Waals surface area contributed by atoms with Crippen LogP contribution >= 0.6 is 23.1 Å². The average Bonchev–Trinajstić information content (AvgIpc) is 3.28. The molecular weight excluding hydrogens is 385 g/mol. The topological polar surface area (TPSA) is 83.6 Å². The molecule has 0 saturated heterocycles. The van der Waals surface area contributed by atoms with E-state index in [1.54, 1.807) is 19.1 Å². The summed E-state index contributed by atoms with van der Waals surface area (Å²) in [6, 6.07) is 13.7. The number of benzene rings is 2. The number of nitrogens with one attached hydrogen (secondary N) is 2. The van der Waals surface area contributed by atoms with E-state index in [0.29, 0.717) is 15.3 Å². The number of nitrogens with zero attached hydrogens (tertiary/aromatic N) is 3. The van der Waals surface area contributed by atoms with Crippen molar-refractivity contribution in [3.05, 3.63) is 54.3 Å². The summed E-state index contributed by atoms with van der Waals surface area (Å²) in [5, 5.41) is 12.1. The van der Waals surface area contributed by atoms with Gasteiger partial charge in [-0.1, -0.05) is 35.2 Å². The molecule has 2 aromatic carbocycles. The number of amides is 1. The van der Waals surface area contributed by atoms with Crippen molar-refractivity contribution in [2.45, 2.75) is 17.3 Å². The first-order valence-electron chi connectivity index (χ1n) is 8.10. The molecule has 2 aromatic heterocycles. The predicted molar refractivity (Wildman–Crippen MR) is 105 cm³/mol. The number of rotatable bonds is 5. The second kappa shape index (κ2) is 7.45. The van der Waals surface area contributed by atoms with Crippen LogP contribution in [-0.4, -0.2) is 31.3 Å². The third-order valence-corrected chi connectivity index (χ3v) is 5.64. The SMILES string of the molecule is CC(Sc1nc2ccccc2[nH]1)C(=O)Nc1nnc(-c2ccc(F)cc2)s1. The van der Waals surface area contributed by atoms with Crippen LogP contribution in [0.4, 0.5) is 9.52 Å². The van der Waals surface area contributed by atoms with Crippen LogP contribution in [0.15, 0.2) is 53.7 Å². The number of H-pyrrole nitrogens is 1. The third-order valence-electron chi connectivity index (χ3n) is 3.77. The molecule has 0 saturated carbocycles. The van der Waals surface area contributed by atoms with Gasteiger partial charge in [-0.25, -0.2) is 9.37 Å². The van der Waals surface area contributed by atoms with E-state index in [0.717, 1.165) is 16.6 Å². The van der Waals surface area contributed by atoms with Gasteiger partial charge in [0, 0.05) is 5.56 Å². The molecule has 136 valence electrons. The van der Waals surface area contributed by atoms with Crippen LogP contribution in [0.25, 0.3) is 21.6 Å². The molecule has 0 radical (unpaired) electrons. The molecule has 2 heterocycles. The zero-order valence-electron chi connectivity index (χ0n) is 14.1. The van der Waals surface area contributed by atoms with Crippen molar-refractivity contribution >= 4 is 45.2 Å². The Morgan fingerprint density at radius 2 is 1.96 bits per heavy atom. The van der Waals surface area contributed by atoms with Crippen LogP contribution in [0.5, 0.6) is 0 Å². The summed E-state index contributed by atoms with van der Waals surface area (Å²) in [6.07, 6.45) is 0. The molecule has 1 unspecified atom stereocenters. The van der Waals surface area contributed by atoms with Crippen molar-refractivity contribution in [1.82, 2.24) is 20.2 Å². The summed E-state index contributed by atoms with van der Waals surface area (Å²) in [5.74, 6) is -0.504. The van der Waals surface area contributed by atoms with Gasteiger partial charge in [0.1, 0.15) is 10.8 Å². The fourth-order valence-corrected chi connectivity index (χ4v) is 3.97. The van der Waals surface area contributed by atoms with E-state index in [4.69, 9.17) is 0 Å². The van der Waals surface area contributed by atoms with Crippen LogP contribution < -0.4 is 5.32 Å². The fraction of sp³-hybridized carbons (Fsp3) is 0.111. The average molecular weight is 399 g/mol. The number of para-hydroxylation sites is 2. The summed E-state index contributed by atoms with van der Waals surface area (Å²) in [4.78, 5) is 20.1. The predicted octanol–water partition coefficient (Wildman–Crippen LogP) is 4.34. The number of hydrogen-bond acceptors (Lipinski definition) is 6. The minimum absolute atomic E-state index is 0.192. The summed E-state index contributed by atoms with van der Waals surface area (Å²) < 4.78 is 13.0. The normalized spacial score (nSPS) is 12.2. The quantitative estimate of drug-likeness (QED) is 0.488. The Balaban J connectivity index is 1.41. The van der Waals surface area contributed by atoms with Gasteiger partial charge in [-0.2, -0.15) is 0 Å². The number of aromatic amines is 1. The summed E-state index contributed by atoms with van der Waals surface area (Å²) in [5.41, 5.74) is 2.54. The minimum Gasteiger partial charge on any atom is -0.333 e. The number of carbonyl (C=O) groups excluding carboxylic acids is 1. The smallest absolute Gasteiger partial charge is 0.239 e. The van der Waals surface area contributed by atoms with E-state index >= 15 is 0 Å². The molecule has 1 atom stereocenters. The van der Waals surface area contributed by atoms with Crippen molar-refractivity contribution in [2.75, 3.05) is 5.32 Å². The highest BCUT2D eigenvalue weighted by molar-refractivity contribution is 8.00. The highest BCUT2D eigenvalue weighted by atomic mass is 32.2. The molecule has 0 spiro atoms. The molecule has 0 fully saturated rings. The molecule has 9 heteroatoms. The number of fused-ring (bicyclic) bond motifs is 1. The second-order valence-corrected chi connectivity index (χ2v) is 8.03. The molecule has 4 rings (SSSR count). The summed E-state index contributed by atoms with van der Waals surface area (Å²) in [7, 11) is 0. The Morgan fingerprint density at radius 3 is 2.74 bits per heavy atom. The molecule has 0 aliphatic carbocycles. The van der Waals surface area contributed by atoms with Gasteiger partial charge in [0.2, 0.25) is 11.0 Å². The molecular formula is C18H14FN5OS2. The lowest BCUT2D eigenvalue weighted by Gasteiger charge is -2.07. The Kier molecular flexibility index (Phi) is 4.87. The van der Waals surface area contributed by atoms with E-state index in [1.165, 1.54) is 35.2 Å². The lowest BCUT2D eigenvalue weighted by Crippen LogP contribution is -2.22. The number of carbonyl (C=O) groups is 1. The van der Waals surface area contributed by atoms with Crippen LogP contribution in [0.2, 0.25) is 0 Å². The molecule has 0 bridgehead atoms. The Bertz CT molecular complexity index is 1060. The third kappa shape index (κ3) is 3.99. The van der Waals surface area contributed by atoms with Gasteiger partial charge in [-0.05, 0) is 43.3 Å². The number of aromatic nitrogens is 4. The van der Waals surface area contributed by atoms with Crippen molar-refractivity contribution in [2.24, 2.45) is 0 Å². The Labute approximate surface area is 162 Å². The number of halogens is 1. The monoisotopic (exact) mass is 399 g/mol.